The van der Waals surface area contributed by atoms with Crippen molar-refractivity contribution in [2.24, 2.45) is 0 Å². The van der Waals surface area contributed by atoms with E-state index >= 15 is 0 Å². The van der Waals surface area contributed by atoms with Crippen molar-refractivity contribution in [1.82, 2.24) is 19.9 Å². The fourth-order valence-corrected chi connectivity index (χ4v) is 8.20. The fraction of sp³-hybridized carbons (Fsp3) is 0. The number of hydrogen-bond donors (Lipinski definition) is 0. The number of rotatable bonds is 6. The van der Waals surface area contributed by atoms with Crippen LogP contribution in [0.5, 0.6) is 0 Å². The van der Waals surface area contributed by atoms with Gasteiger partial charge in [-0.2, -0.15) is 0 Å². The molecule has 0 aliphatic heterocycles. The van der Waals surface area contributed by atoms with Gasteiger partial charge < -0.3 is 4.90 Å². The molecule has 0 N–H and O–H groups in total. The summed E-state index contributed by atoms with van der Waals surface area (Å²) >= 11 is 0. The minimum absolute atomic E-state index is 0.881. The Balaban J connectivity index is 1.00. The first-order valence-electron chi connectivity index (χ1n) is 19.1. The van der Waals surface area contributed by atoms with Crippen LogP contribution < -0.4 is 4.90 Å². The standard InChI is InChI=1S/C52H33N5/c1-2-6-37-31-38(10-9-34(37)5-1)39-17-23-45-40(32-39)11-12-41-33-44(22-24-46(41)45)57(42-18-13-35(14-19-42)47-25-29-53-49-7-3-27-55-51(47)49)43-20-15-36(16-21-43)48-26-30-54-50-8-4-28-56-52(48)50/h1-33H. The predicted molar refractivity (Wildman–Crippen MR) is 236 cm³/mol. The summed E-state index contributed by atoms with van der Waals surface area (Å²) < 4.78 is 0. The first-order valence-corrected chi connectivity index (χ1v) is 19.1. The number of hydrogen-bond acceptors (Lipinski definition) is 5. The highest BCUT2D eigenvalue weighted by Gasteiger charge is 2.16. The van der Waals surface area contributed by atoms with Gasteiger partial charge in [0.15, 0.2) is 0 Å². The van der Waals surface area contributed by atoms with Crippen LogP contribution in [0.4, 0.5) is 17.1 Å². The van der Waals surface area contributed by atoms with Crippen molar-refractivity contribution >= 4 is 71.4 Å². The van der Waals surface area contributed by atoms with Gasteiger partial charge in [-0.05, 0) is 140 Å². The van der Waals surface area contributed by atoms with Crippen molar-refractivity contribution in [3.05, 3.63) is 201 Å². The lowest BCUT2D eigenvalue weighted by Crippen LogP contribution is -2.10. The lowest BCUT2D eigenvalue weighted by atomic mass is 9.96. The Morgan fingerprint density at radius 3 is 1.39 bits per heavy atom. The molecule has 4 heterocycles. The first-order chi connectivity index (χ1) is 28.2. The summed E-state index contributed by atoms with van der Waals surface area (Å²) in [5.74, 6) is 0. The monoisotopic (exact) mass is 727 g/mol. The van der Waals surface area contributed by atoms with Crippen LogP contribution in [0.3, 0.4) is 0 Å². The molecule has 0 fully saturated rings. The molecule has 0 atom stereocenters. The lowest BCUT2D eigenvalue weighted by molar-refractivity contribution is 1.29. The van der Waals surface area contributed by atoms with E-state index in [-0.39, 0.29) is 0 Å². The smallest absolute Gasteiger partial charge is 0.0964 e. The van der Waals surface area contributed by atoms with Crippen LogP contribution in [-0.4, -0.2) is 19.9 Å². The van der Waals surface area contributed by atoms with Crippen molar-refractivity contribution < 1.29 is 0 Å². The van der Waals surface area contributed by atoms with Gasteiger partial charge in [0.05, 0.1) is 22.1 Å². The molecule has 0 bridgehead atoms. The van der Waals surface area contributed by atoms with Crippen molar-refractivity contribution in [2.45, 2.75) is 0 Å². The van der Waals surface area contributed by atoms with E-state index in [9.17, 15) is 0 Å². The molecule has 0 aliphatic carbocycles. The maximum Gasteiger partial charge on any atom is 0.0964 e. The first kappa shape index (κ1) is 32.7. The summed E-state index contributed by atoms with van der Waals surface area (Å²) in [5.41, 5.74) is 13.5. The van der Waals surface area contributed by atoms with Gasteiger partial charge in [0.25, 0.3) is 0 Å². The Kier molecular flexibility index (Phi) is 7.74. The molecule has 266 valence electrons. The van der Waals surface area contributed by atoms with Crippen LogP contribution in [0.15, 0.2) is 201 Å². The van der Waals surface area contributed by atoms with Gasteiger partial charge >= 0.3 is 0 Å². The summed E-state index contributed by atoms with van der Waals surface area (Å²) in [7, 11) is 0. The molecule has 7 aromatic carbocycles. The molecule has 4 aromatic heterocycles. The van der Waals surface area contributed by atoms with Crippen LogP contribution in [0.25, 0.3) is 87.8 Å². The quantitative estimate of drug-likeness (QED) is 0.160. The van der Waals surface area contributed by atoms with Gasteiger partial charge in [-0.15, -0.1) is 0 Å². The Bertz CT molecular complexity index is 3170. The Morgan fingerprint density at radius 1 is 0.298 bits per heavy atom. The Labute approximate surface area is 329 Å². The van der Waals surface area contributed by atoms with Gasteiger partial charge in [-0.25, -0.2) is 0 Å². The maximum atomic E-state index is 4.66. The lowest BCUT2D eigenvalue weighted by Gasteiger charge is -2.26. The third-order valence-electron chi connectivity index (χ3n) is 11.0. The van der Waals surface area contributed by atoms with Gasteiger partial charge in [0.1, 0.15) is 0 Å². The van der Waals surface area contributed by atoms with Crippen molar-refractivity contribution in [3.63, 3.8) is 0 Å². The SMILES string of the molecule is c1ccc2cc(-c3ccc4c(ccc5cc(N(c6ccc(-c7ccnc8cccnc78)cc6)c6ccc(-c7ccnc8cccnc78)cc6)ccc54)c3)ccc2c1. The zero-order valence-corrected chi connectivity index (χ0v) is 30.8. The third kappa shape index (κ3) is 5.81. The largest absolute Gasteiger partial charge is 0.310 e. The number of aromatic nitrogens is 4. The molecule has 11 rings (SSSR count). The number of pyridine rings is 4. The average Bonchev–Trinajstić information content (AvgIpc) is 3.29. The highest BCUT2D eigenvalue weighted by molar-refractivity contribution is 6.10. The van der Waals surface area contributed by atoms with Crippen molar-refractivity contribution in [2.75, 3.05) is 4.90 Å². The molecule has 0 unspecified atom stereocenters. The third-order valence-corrected chi connectivity index (χ3v) is 11.0. The van der Waals surface area contributed by atoms with Crippen LogP contribution in [0.2, 0.25) is 0 Å². The topological polar surface area (TPSA) is 54.8 Å². The van der Waals surface area contributed by atoms with Crippen LogP contribution in [0.1, 0.15) is 0 Å². The molecule has 0 amide bonds. The van der Waals surface area contributed by atoms with E-state index in [0.717, 1.165) is 61.4 Å². The zero-order chi connectivity index (χ0) is 37.7. The summed E-state index contributed by atoms with van der Waals surface area (Å²) in [6.07, 6.45) is 7.35. The molecule has 57 heavy (non-hydrogen) atoms. The molecule has 5 heteroatoms. The molecule has 0 saturated heterocycles. The number of nitrogens with zero attached hydrogens (tertiary/aromatic N) is 5. The van der Waals surface area contributed by atoms with Gasteiger partial charge in [0, 0.05) is 53.0 Å². The zero-order valence-electron chi connectivity index (χ0n) is 30.8. The maximum absolute atomic E-state index is 4.66. The molecule has 0 radical (unpaired) electrons. The molecule has 0 aliphatic rings. The van der Waals surface area contributed by atoms with E-state index in [0.29, 0.717) is 0 Å². The molecular weight excluding hydrogens is 695 g/mol. The van der Waals surface area contributed by atoms with Crippen LogP contribution >= 0.6 is 0 Å². The molecular formula is C52H33N5. The van der Waals surface area contributed by atoms with Crippen LogP contribution in [-0.2, 0) is 0 Å². The summed E-state index contributed by atoms with van der Waals surface area (Å²) in [6, 6.07) is 62.8. The van der Waals surface area contributed by atoms with E-state index in [1.54, 1.807) is 0 Å². The average molecular weight is 728 g/mol. The second-order valence-corrected chi connectivity index (χ2v) is 14.4. The number of benzene rings is 7. The van der Waals surface area contributed by atoms with Gasteiger partial charge in [0.2, 0.25) is 0 Å². The van der Waals surface area contributed by atoms with E-state index in [4.69, 9.17) is 0 Å². The van der Waals surface area contributed by atoms with Crippen molar-refractivity contribution in [3.8, 4) is 33.4 Å². The number of anilines is 3. The van der Waals surface area contributed by atoms with E-state index in [1.807, 2.05) is 61.2 Å². The minimum Gasteiger partial charge on any atom is -0.310 e. The van der Waals surface area contributed by atoms with E-state index in [1.165, 1.54) is 43.4 Å². The summed E-state index contributed by atoms with van der Waals surface area (Å²) in [6.45, 7) is 0. The molecule has 11 aromatic rings. The van der Waals surface area contributed by atoms with Gasteiger partial charge in [-0.3, -0.25) is 19.9 Å². The van der Waals surface area contributed by atoms with E-state index < -0.39 is 0 Å². The highest BCUT2D eigenvalue weighted by atomic mass is 15.1. The molecule has 0 spiro atoms. The molecule has 5 nitrogen and oxygen atoms in total. The predicted octanol–water partition coefficient (Wildman–Crippen LogP) is 13.5. The Hall–Kier alpha value is -7.76. The molecule has 0 saturated carbocycles. The van der Waals surface area contributed by atoms with E-state index in [2.05, 4.69) is 164 Å². The second kappa shape index (κ2) is 13.5. The number of fused-ring (bicyclic) bond motifs is 6. The summed E-state index contributed by atoms with van der Waals surface area (Å²) in [5, 5.41) is 7.37. The Morgan fingerprint density at radius 2 is 0.772 bits per heavy atom. The summed E-state index contributed by atoms with van der Waals surface area (Å²) in [4.78, 5) is 20.7. The minimum atomic E-state index is 0.881. The highest BCUT2D eigenvalue weighted by Crippen LogP contribution is 2.40. The van der Waals surface area contributed by atoms with Crippen molar-refractivity contribution in [1.29, 1.82) is 0 Å². The van der Waals surface area contributed by atoms with Crippen LogP contribution in [0, 0.1) is 0 Å². The van der Waals surface area contributed by atoms with Gasteiger partial charge in [-0.1, -0.05) is 91.0 Å². The fourth-order valence-electron chi connectivity index (χ4n) is 8.20. The second-order valence-electron chi connectivity index (χ2n) is 14.4. The normalized spacial score (nSPS) is 11.5.